The molecule has 5 unspecified atom stereocenters. The van der Waals surface area contributed by atoms with Crippen molar-refractivity contribution in [2.45, 2.75) is 90.0 Å². The van der Waals surface area contributed by atoms with Gasteiger partial charge in [-0.3, -0.25) is 0 Å². The minimum absolute atomic E-state index is 0.150. The Morgan fingerprint density at radius 2 is 1.07 bits per heavy atom. The van der Waals surface area contributed by atoms with Crippen LogP contribution in [-0.4, -0.2) is 31.7 Å². The molecule has 8 aromatic rings. The third-order valence-corrected chi connectivity index (χ3v) is 31.7. The predicted molar refractivity (Wildman–Crippen MR) is 315 cm³/mol. The molecule has 1 aromatic heterocycles. The average molecular weight is 985 g/mol. The summed E-state index contributed by atoms with van der Waals surface area (Å²) >= 11 is 0. The number of hydrogen-bond donors (Lipinski definition) is 0. The zero-order valence-electron chi connectivity index (χ0n) is 41.4. The third kappa shape index (κ3) is 6.22. The molecule has 0 N–H and O–H groups in total. The standard InChI is InChI=1S/C67H61N2PSSi/c1-67(2)55-43-47(30-34-51(55)52-35-32-49(45-56(52)67)68-57-20-6-10-24-63(57)71(38-14-15-39-71)64-25-11-7-21-58(64)68)29-28-46-31-36-61-53(42-46)54-44-48(33-37-62(54)70(61)50-18-4-3-5-19-50)69-59-22-8-12-26-65(59)72(40-16-17-41-72)66-27-13-9-23-60(66)69/h3-13,18-37,42-45,59-60,65-66H,14-17,38-41H2,1-2H3/b29-28+. The highest BCUT2D eigenvalue weighted by molar-refractivity contribution is 8.34. The lowest BCUT2D eigenvalue weighted by atomic mass is 9.81. The molecule has 5 heterocycles. The number of para-hydroxylation sites is 2. The highest BCUT2D eigenvalue weighted by atomic mass is 32.3. The number of hydrogen-bond acceptors (Lipinski definition) is 2. The fraction of sp³-hybridized carbons (Fsp3) is 0.224. The highest BCUT2D eigenvalue weighted by Gasteiger charge is 2.58. The molecule has 4 aliphatic heterocycles. The van der Waals surface area contributed by atoms with Gasteiger partial charge in [-0.05, 0) is 152 Å². The molecule has 2 nitrogen and oxygen atoms in total. The van der Waals surface area contributed by atoms with Gasteiger partial charge in [0.05, 0.1) is 31.5 Å². The van der Waals surface area contributed by atoms with Crippen LogP contribution in [0, 0.1) is 0 Å². The first-order valence-corrected chi connectivity index (χ1v) is 32.7. The minimum Gasteiger partial charge on any atom is -0.358 e. The molecule has 72 heavy (non-hydrogen) atoms. The number of fused-ring (bicyclic) bond motifs is 14. The van der Waals surface area contributed by atoms with Crippen LogP contribution in [0.2, 0.25) is 23.2 Å². The SMILES string of the molecule is CC1(C)c2cc(/C=C/c3ccc4c(c3)c3cc(N5C6C=CC=CC6[Si]6(CCCC6)C6C=CC=CC65)ccc3p4-c3ccccc3)ccc2-c2ccc(N3c4ccccc4S4(CCCC4)c4ccccc43)cc21. The Bertz CT molecular complexity index is 3600. The van der Waals surface area contributed by atoms with E-state index in [-0.39, 0.29) is 5.41 Å². The lowest BCUT2D eigenvalue weighted by Crippen LogP contribution is -2.63. The van der Waals surface area contributed by atoms with E-state index in [0.29, 0.717) is 23.2 Å². The van der Waals surface area contributed by atoms with E-state index in [4.69, 9.17) is 0 Å². The van der Waals surface area contributed by atoms with Crippen LogP contribution in [0.3, 0.4) is 0 Å². The summed E-state index contributed by atoms with van der Waals surface area (Å²) in [6.45, 7) is 4.87. The zero-order valence-corrected chi connectivity index (χ0v) is 44.1. The van der Waals surface area contributed by atoms with E-state index in [1.807, 2.05) is 0 Å². The largest absolute Gasteiger partial charge is 0.358 e. The van der Waals surface area contributed by atoms with Crippen molar-refractivity contribution in [1.82, 2.24) is 0 Å². The Morgan fingerprint density at radius 1 is 0.528 bits per heavy atom. The van der Waals surface area contributed by atoms with Gasteiger partial charge in [0.2, 0.25) is 0 Å². The van der Waals surface area contributed by atoms with Crippen LogP contribution in [0.15, 0.2) is 210 Å². The van der Waals surface area contributed by atoms with E-state index in [9.17, 15) is 0 Å². The summed E-state index contributed by atoms with van der Waals surface area (Å²) in [7, 11) is -3.29. The quantitative estimate of drug-likeness (QED) is 0.125. The van der Waals surface area contributed by atoms with E-state index >= 15 is 0 Å². The van der Waals surface area contributed by atoms with Crippen LogP contribution in [0.4, 0.5) is 22.7 Å². The van der Waals surface area contributed by atoms with Crippen molar-refractivity contribution in [2.24, 2.45) is 0 Å². The number of nitrogens with zero attached hydrogens (tertiary/aromatic N) is 2. The van der Waals surface area contributed by atoms with Crippen LogP contribution in [0.1, 0.15) is 61.8 Å². The molecule has 354 valence electrons. The molecule has 0 bridgehead atoms. The van der Waals surface area contributed by atoms with Crippen molar-refractivity contribution in [3.63, 3.8) is 0 Å². The number of benzene rings is 7. The van der Waals surface area contributed by atoms with Gasteiger partial charge in [0.25, 0.3) is 0 Å². The van der Waals surface area contributed by atoms with Crippen LogP contribution in [0.5, 0.6) is 0 Å². The molecule has 5 atom stereocenters. The zero-order chi connectivity index (χ0) is 47.8. The topological polar surface area (TPSA) is 6.48 Å². The summed E-state index contributed by atoms with van der Waals surface area (Å²) in [6.07, 6.45) is 29.9. The third-order valence-electron chi connectivity index (χ3n) is 18.5. The van der Waals surface area contributed by atoms with Crippen molar-refractivity contribution in [1.29, 1.82) is 0 Å². The summed E-state index contributed by atoms with van der Waals surface area (Å²) in [5.74, 6) is 2.62. The van der Waals surface area contributed by atoms with Gasteiger partial charge >= 0.3 is 0 Å². The first-order valence-electron chi connectivity index (χ1n) is 26.8. The molecule has 5 heteroatoms. The van der Waals surface area contributed by atoms with Crippen LogP contribution in [-0.2, 0) is 5.41 Å². The maximum Gasteiger partial charge on any atom is 0.0732 e. The molecule has 15 rings (SSSR count). The molecule has 2 spiro atoms. The van der Waals surface area contributed by atoms with Gasteiger partial charge in [-0.15, -0.1) is 0 Å². The van der Waals surface area contributed by atoms with E-state index in [1.54, 1.807) is 9.79 Å². The van der Waals surface area contributed by atoms with Crippen molar-refractivity contribution < 1.29 is 0 Å². The fourth-order valence-electron chi connectivity index (χ4n) is 15.3. The molecular formula is C67H61N2PSSi. The molecule has 0 radical (unpaired) electrons. The van der Waals surface area contributed by atoms with Crippen LogP contribution < -0.4 is 9.80 Å². The second-order valence-corrected chi connectivity index (χ2v) is 32.7. The van der Waals surface area contributed by atoms with Gasteiger partial charge in [-0.2, -0.15) is 10.0 Å². The molecule has 7 aliphatic rings. The normalized spacial score (nSPS) is 23.9. The maximum atomic E-state index is 2.84. The fourth-order valence-corrected chi connectivity index (χ4v) is 29.1. The van der Waals surface area contributed by atoms with Gasteiger partial charge < -0.3 is 9.80 Å². The monoisotopic (exact) mass is 984 g/mol. The van der Waals surface area contributed by atoms with Gasteiger partial charge in [-0.25, -0.2) is 0 Å². The Kier molecular flexibility index (Phi) is 9.84. The molecule has 7 aromatic carbocycles. The highest BCUT2D eigenvalue weighted by Crippen LogP contribution is 2.74. The van der Waals surface area contributed by atoms with E-state index < -0.39 is 25.6 Å². The molecule has 3 fully saturated rings. The average Bonchev–Trinajstić information content (AvgIpc) is 4.24. The molecule has 0 saturated carbocycles. The van der Waals surface area contributed by atoms with Crippen LogP contribution in [0.25, 0.3) is 49.6 Å². The first-order chi connectivity index (χ1) is 35.4. The summed E-state index contributed by atoms with van der Waals surface area (Å²) in [5.41, 5.74) is 14.6. The van der Waals surface area contributed by atoms with E-state index in [1.165, 1.54) is 132 Å². The summed E-state index contributed by atoms with van der Waals surface area (Å²) < 4.78 is 0. The molecular weight excluding hydrogens is 924 g/mol. The lowest BCUT2D eigenvalue weighted by Gasteiger charge is -2.58. The van der Waals surface area contributed by atoms with Crippen LogP contribution >= 0.6 is 17.6 Å². The van der Waals surface area contributed by atoms with Gasteiger partial charge in [0.1, 0.15) is 0 Å². The Labute approximate surface area is 429 Å². The van der Waals surface area contributed by atoms with E-state index in [2.05, 4.69) is 236 Å². The second kappa shape index (κ2) is 16.4. The Morgan fingerprint density at radius 3 is 1.75 bits per heavy atom. The minimum atomic E-state index is -1.59. The van der Waals surface area contributed by atoms with Gasteiger partial charge in [0.15, 0.2) is 0 Å². The summed E-state index contributed by atoms with van der Waals surface area (Å²) in [6, 6.07) is 63.1. The Balaban J connectivity index is 0.787. The van der Waals surface area contributed by atoms with E-state index in [0.717, 1.165) is 0 Å². The first kappa shape index (κ1) is 43.3. The second-order valence-electron chi connectivity index (χ2n) is 22.3. The van der Waals surface area contributed by atoms with Crippen molar-refractivity contribution in [3.8, 4) is 16.4 Å². The molecule has 3 aliphatic carbocycles. The summed E-state index contributed by atoms with van der Waals surface area (Å²) in [4.78, 5) is 8.57. The number of anilines is 4. The predicted octanol–water partition coefficient (Wildman–Crippen LogP) is 19.0. The molecule has 0 amide bonds. The van der Waals surface area contributed by atoms with Crippen molar-refractivity contribution in [2.75, 3.05) is 21.3 Å². The van der Waals surface area contributed by atoms with Gasteiger partial charge in [0, 0.05) is 36.8 Å². The lowest BCUT2D eigenvalue weighted by molar-refractivity contribution is 0.552. The summed E-state index contributed by atoms with van der Waals surface area (Å²) in [5, 5.41) is 7.19. The van der Waals surface area contributed by atoms with Crippen molar-refractivity contribution >= 4 is 81.5 Å². The molecule has 3 saturated heterocycles. The maximum absolute atomic E-state index is 2.84. The van der Waals surface area contributed by atoms with Gasteiger partial charge in [-0.1, -0.05) is 192 Å². The smallest absolute Gasteiger partial charge is 0.0732 e. The van der Waals surface area contributed by atoms with Crippen molar-refractivity contribution in [3.05, 3.63) is 223 Å². The Hall–Kier alpha value is -6.29. The number of allylic oxidation sites excluding steroid dienone is 4. The number of rotatable bonds is 5.